The van der Waals surface area contributed by atoms with E-state index in [4.69, 9.17) is 10.8 Å². The fourth-order valence-electron chi connectivity index (χ4n) is 2.39. The van der Waals surface area contributed by atoms with Crippen LogP contribution in [0, 0.1) is 5.92 Å². The Morgan fingerprint density at radius 2 is 2.16 bits per heavy atom. The first-order chi connectivity index (χ1) is 9.08. The van der Waals surface area contributed by atoms with Gasteiger partial charge in [-0.2, -0.15) is 0 Å². The van der Waals surface area contributed by atoms with Crippen molar-refractivity contribution in [2.24, 2.45) is 11.7 Å². The third-order valence-corrected chi connectivity index (χ3v) is 4.46. The molecule has 1 saturated heterocycles. The predicted octanol–water partition coefficient (Wildman–Crippen LogP) is 1.46. The molecule has 1 amide bonds. The van der Waals surface area contributed by atoms with E-state index in [1.807, 2.05) is 17.5 Å². The zero-order valence-electron chi connectivity index (χ0n) is 10.6. The number of rotatable bonds is 4. The number of carbonyl (C=O) groups excluding carboxylic acids is 1. The quantitative estimate of drug-likeness (QED) is 0.875. The fourth-order valence-corrected chi connectivity index (χ4v) is 3.11. The Kier molecular flexibility index (Phi) is 4.55. The largest absolute Gasteiger partial charge is 0.481 e. The molecule has 0 aromatic carbocycles. The minimum Gasteiger partial charge on any atom is -0.481 e. The summed E-state index contributed by atoms with van der Waals surface area (Å²) >= 11 is 1.48. The van der Waals surface area contributed by atoms with E-state index in [9.17, 15) is 9.59 Å². The summed E-state index contributed by atoms with van der Waals surface area (Å²) < 4.78 is 0. The summed E-state index contributed by atoms with van der Waals surface area (Å²) in [5.41, 5.74) is 5.95. The highest BCUT2D eigenvalue weighted by Gasteiger charge is 2.28. The molecule has 0 aliphatic carbocycles. The van der Waals surface area contributed by atoms with Crippen molar-refractivity contribution in [3.05, 3.63) is 22.4 Å². The Bertz CT molecular complexity index is 439. The highest BCUT2D eigenvalue weighted by atomic mass is 32.1. The third kappa shape index (κ3) is 3.54. The molecule has 1 aromatic rings. The van der Waals surface area contributed by atoms with Gasteiger partial charge < -0.3 is 15.7 Å². The summed E-state index contributed by atoms with van der Waals surface area (Å²) in [4.78, 5) is 25.5. The van der Waals surface area contributed by atoms with E-state index in [1.165, 1.54) is 11.3 Å². The zero-order valence-corrected chi connectivity index (χ0v) is 11.4. The standard InChI is InChI=1S/C13H18N2O3S/c14-12(10-2-1-7-19-10)13(18)15-5-3-9(4-6-15)8-11(16)17/h1-2,7,9,12H,3-6,8,14H2,(H,16,17). The number of thiophene rings is 1. The van der Waals surface area contributed by atoms with Crippen molar-refractivity contribution < 1.29 is 14.7 Å². The van der Waals surface area contributed by atoms with Crippen molar-refractivity contribution in [2.75, 3.05) is 13.1 Å². The monoisotopic (exact) mass is 282 g/mol. The molecule has 104 valence electrons. The van der Waals surface area contributed by atoms with E-state index in [-0.39, 0.29) is 18.2 Å². The van der Waals surface area contributed by atoms with Gasteiger partial charge in [0.15, 0.2) is 0 Å². The molecule has 1 aliphatic heterocycles. The lowest BCUT2D eigenvalue weighted by molar-refractivity contribution is -0.138. The van der Waals surface area contributed by atoms with E-state index >= 15 is 0 Å². The molecule has 3 N–H and O–H groups in total. The molecule has 0 saturated carbocycles. The van der Waals surface area contributed by atoms with E-state index in [2.05, 4.69) is 0 Å². The van der Waals surface area contributed by atoms with Crippen molar-refractivity contribution in [1.29, 1.82) is 0 Å². The van der Waals surface area contributed by atoms with Crippen molar-refractivity contribution in [3.63, 3.8) is 0 Å². The second-order valence-corrected chi connectivity index (χ2v) is 5.84. The first kappa shape index (κ1) is 14.0. The van der Waals surface area contributed by atoms with Gasteiger partial charge in [-0.3, -0.25) is 9.59 Å². The van der Waals surface area contributed by atoms with E-state index in [1.54, 1.807) is 4.90 Å². The van der Waals surface area contributed by atoms with Crippen LogP contribution in [0.5, 0.6) is 0 Å². The van der Waals surface area contributed by atoms with Gasteiger partial charge in [-0.1, -0.05) is 6.07 Å². The van der Waals surface area contributed by atoms with Crippen molar-refractivity contribution in [3.8, 4) is 0 Å². The van der Waals surface area contributed by atoms with Gasteiger partial charge >= 0.3 is 5.97 Å². The smallest absolute Gasteiger partial charge is 0.303 e. The van der Waals surface area contributed by atoms with Crippen LogP contribution in [-0.4, -0.2) is 35.0 Å². The molecule has 2 heterocycles. The highest BCUT2D eigenvalue weighted by molar-refractivity contribution is 7.10. The molecular formula is C13H18N2O3S. The van der Waals surface area contributed by atoms with Crippen LogP contribution in [0.2, 0.25) is 0 Å². The van der Waals surface area contributed by atoms with Crippen LogP contribution >= 0.6 is 11.3 Å². The topological polar surface area (TPSA) is 83.6 Å². The number of hydrogen-bond acceptors (Lipinski definition) is 4. The van der Waals surface area contributed by atoms with Gasteiger partial charge in [-0.25, -0.2) is 0 Å². The van der Waals surface area contributed by atoms with Crippen molar-refractivity contribution >= 4 is 23.2 Å². The SMILES string of the molecule is NC(C(=O)N1CCC(CC(=O)O)CC1)c1cccs1. The van der Waals surface area contributed by atoms with Crippen LogP contribution in [0.15, 0.2) is 17.5 Å². The number of carboxylic acid groups (broad SMARTS) is 1. The van der Waals surface area contributed by atoms with Crippen molar-refractivity contribution in [1.82, 2.24) is 4.90 Å². The number of piperidine rings is 1. The number of nitrogens with two attached hydrogens (primary N) is 1. The number of hydrogen-bond donors (Lipinski definition) is 2. The summed E-state index contributed by atoms with van der Waals surface area (Å²) in [5.74, 6) is -0.643. The molecule has 1 aliphatic rings. The molecule has 0 radical (unpaired) electrons. The Hall–Kier alpha value is -1.40. The number of carbonyl (C=O) groups is 2. The van der Waals surface area contributed by atoms with Crippen LogP contribution in [0.25, 0.3) is 0 Å². The van der Waals surface area contributed by atoms with Crippen LogP contribution in [-0.2, 0) is 9.59 Å². The van der Waals surface area contributed by atoms with Gasteiger partial charge in [0, 0.05) is 24.4 Å². The summed E-state index contributed by atoms with van der Waals surface area (Å²) in [7, 11) is 0. The van der Waals surface area contributed by atoms with Crippen LogP contribution < -0.4 is 5.73 Å². The van der Waals surface area contributed by atoms with Gasteiger partial charge in [-0.05, 0) is 30.2 Å². The van der Waals surface area contributed by atoms with Gasteiger partial charge in [0.05, 0.1) is 0 Å². The molecule has 19 heavy (non-hydrogen) atoms. The molecule has 1 fully saturated rings. The first-order valence-corrected chi connectivity index (χ1v) is 7.25. The molecule has 5 nitrogen and oxygen atoms in total. The fraction of sp³-hybridized carbons (Fsp3) is 0.538. The summed E-state index contributed by atoms with van der Waals surface area (Å²) in [5, 5.41) is 10.7. The lowest BCUT2D eigenvalue weighted by Crippen LogP contribution is -2.43. The lowest BCUT2D eigenvalue weighted by Gasteiger charge is -2.32. The van der Waals surface area contributed by atoms with E-state index in [0.29, 0.717) is 13.1 Å². The van der Waals surface area contributed by atoms with E-state index < -0.39 is 12.0 Å². The molecule has 0 spiro atoms. The summed E-state index contributed by atoms with van der Waals surface area (Å²) in [6.45, 7) is 1.21. The average molecular weight is 282 g/mol. The normalized spacial score (nSPS) is 18.3. The predicted molar refractivity (Wildman–Crippen MR) is 72.8 cm³/mol. The second kappa shape index (κ2) is 6.16. The molecule has 1 unspecified atom stereocenters. The Balaban J connectivity index is 1.87. The van der Waals surface area contributed by atoms with Gasteiger partial charge in [0.1, 0.15) is 6.04 Å². The van der Waals surface area contributed by atoms with E-state index in [0.717, 1.165) is 17.7 Å². The highest BCUT2D eigenvalue weighted by Crippen LogP contribution is 2.24. The number of carboxylic acids is 1. The molecule has 0 bridgehead atoms. The first-order valence-electron chi connectivity index (χ1n) is 6.37. The Morgan fingerprint density at radius 1 is 1.47 bits per heavy atom. The van der Waals surface area contributed by atoms with Crippen LogP contribution in [0.3, 0.4) is 0 Å². The van der Waals surface area contributed by atoms with Gasteiger partial charge in [-0.15, -0.1) is 11.3 Å². The number of nitrogens with zero attached hydrogens (tertiary/aromatic N) is 1. The minimum atomic E-state index is -0.764. The Morgan fingerprint density at radius 3 is 2.68 bits per heavy atom. The lowest BCUT2D eigenvalue weighted by atomic mass is 9.93. The summed E-state index contributed by atoms with van der Waals surface area (Å²) in [6, 6.07) is 3.16. The van der Waals surface area contributed by atoms with Gasteiger partial charge in [0.25, 0.3) is 0 Å². The van der Waals surface area contributed by atoms with Crippen LogP contribution in [0.4, 0.5) is 0 Å². The zero-order chi connectivity index (χ0) is 13.8. The second-order valence-electron chi connectivity index (χ2n) is 4.86. The maximum atomic E-state index is 12.2. The van der Waals surface area contributed by atoms with Crippen LogP contribution in [0.1, 0.15) is 30.2 Å². The minimum absolute atomic E-state index is 0.0591. The third-order valence-electron chi connectivity index (χ3n) is 3.51. The van der Waals surface area contributed by atoms with Gasteiger partial charge in [0.2, 0.25) is 5.91 Å². The summed E-state index contributed by atoms with van der Waals surface area (Å²) in [6.07, 6.45) is 1.68. The average Bonchev–Trinajstić information content (AvgIpc) is 2.91. The molecule has 1 aromatic heterocycles. The Labute approximate surface area is 116 Å². The number of likely N-dealkylation sites (tertiary alicyclic amines) is 1. The molecule has 2 rings (SSSR count). The maximum absolute atomic E-state index is 12.2. The van der Waals surface area contributed by atoms with Crippen molar-refractivity contribution in [2.45, 2.75) is 25.3 Å². The molecular weight excluding hydrogens is 264 g/mol. The molecule has 6 heteroatoms. The molecule has 1 atom stereocenters. The number of amides is 1. The number of aliphatic carboxylic acids is 1. The maximum Gasteiger partial charge on any atom is 0.303 e.